The van der Waals surface area contributed by atoms with Crippen LogP contribution in [0.25, 0.3) is 11.2 Å². The van der Waals surface area contributed by atoms with E-state index in [0.29, 0.717) is 24.7 Å². The van der Waals surface area contributed by atoms with Gasteiger partial charge in [-0.15, -0.1) is 0 Å². The maximum absolute atomic E-state index is 14.4. The number of imidazole rings is 1. The van der Waals surface area contributed by atoms with E-state index in [-0.39, 0.29) is 42.9 Å². The van der Waals surface area contributed by atoms with Gasteiger partial charge >= 0.3 is 6.03 Å². The monoisotopic (exact) mass is 733 g/mol. The number of hydrogen-bond donors (Lipinski definition) is 2. The van der Waals surface area contributed by atoms with Crippen molar-refractivity contribution in [1.29, 1.82) is 0 Å². The number of benzene rings is 2. The van der Waals surface area contributed by atoms with E-state index in [4.69, 9.17) is 4.74 Å². The van der Waals surface area contributed by atoms with Gasteiger partial charge in [-0.1, -0.05) is 65.0 Å². The minimum Gasteiger partial charge on any atom is -0.497 e. The topological polar surface area (TPSA) is 150 Å². The number of hydrogen-bond acceptors (Lipinski definition) is 8. The molecule has 52 heavy (non-hydrogen) atoms. The molecule has 1 aliphatic rings. The van der Waals surface area contributed by atoms with E-state index in [1.807, 2.05) is 88.7 Å². The van der Waals surface area contributed by atoms with Crippen molar-refractivity contribution in [1.82, 2.24) is 34.0 Å². The fraction of sp³-hybridized carbons (Fsp3) is 0.474. The van der Waals surface area contributed by atoms with Gasteiger partial charge < -0.3 is 29.5 Å². The van der Waals surface area contributed by atoms with Gasteiger partial charge in [0, 0.05) is 39.4 Å². The molecule has 13 nitrogen and oxygen atoms in total. The largest absolute Gasteiger partial charge is 0.497 e. The van der Waals surface area contributed by atoms with Crippen molar-refractivity contribution in [3.8, 4) is 5.75 Å². The molecule has 0 saturated carbocycles. The number of ether oxygens (including phenoxy) is 1. The quantitative estimate of drug-likeness (QED) is 0.186. The molecular formula is C38H51N7O6S. The number of aliphatic hydroxyl groups is 1. The first-order valence-electron chi connectivity index (χ1n) is 17.6. The van der Waals surface area contributed by atoms with Crippen LogP contribution in [0, 0.1) is 11.3 Å². The number of aryl methyl sites for hydroxylation is 1. The van der Waals surface area contributed by atoms with Crippen molar-refractivity contribution in [3.63, 3.8) is 0 Å². The van der Waals surface area contributed by atoms with Crippen LogP contribution in [0.1, 0.15) is 46.0 Å². The second-order valence-corrected chi connectivity index (χ2v) is 16.8. The van der Waals surface area contributed by atoms with Gasteiger partial charge in [-0.25, -0.2) is 23.2 Å². The maximum Gasteiger partial charge on any atom is 0.321 e. The predicted molar refractivity (Wildman–Crippen MR) is 199 cm³/mol. The zero-order valence-corrected chi connectivity index (χ0v) is 31.9. The van der Waals surface area contributed by atoms with Crippen molar-refractivity contribution in [3.05, 3.63) is 84.3 Å². The molecule has 0 spiro atoms. The van der Waals surface area contributed by atoms with Crippen LogP contribution in [0.5, 0.6) is 5.75 Å². The van der Waals surface area contributed by atoms with Gasteiger partial charge in [-0.2, -0.15) is 4.31 Å². The average Bonchev–Trinajstić information content (AvgIpc) is 3.61. The SMILES string of the molecule is COc1ccc(S(=O)(=O)N(CC(C)C)C[C@@H](O)[C@H](Cc2ccccc2)NC(=O)C(N2CCN(Cc3nc4cccnc4n3C)C2=O)C(C)(C)C)cc1. The second-order valence-electron chi connectivity index (χ2n) is 14.9. The molecule has 0 bridgehead atoms. The predicted octanol–water partition coefficient (Wildman–Crippen LogP) is 4.06. The Morgan fingerprint density at radius 2 is 1.71 bits per heavy atom. The lowest BCUT2D eigenvalue weighted by Gasteiger charge is -2.38. The Morgan fingerprint density at radius 1 is 1.02 bits per heavy atom. The summed E-state index contributed by atoms with van der Waals surface area (Å²) < 4.78 is 36.2. The molecule has 1 saturated heterocycles. The van der Waals surface area contributed by atoms with E-state index in [9.17, 15) is 23.1 Å². The fourth-order valence-electron chi connectivity index (χ4n) is 6.70. The number of fused-ring (bicyclic) bond motifs is 1. The summed E-state index contributed by atoms with van der Waals surface area (Å²) in [5, 5.41) is 14.9. The number of methoxy groups -OCH3 is 1. The van der Waals surface area contributed by atoms with Crippen molar-refractivity contribution in [2.24, 2.45) is 18.4 Å². The number of carbonyl (C=O) groups is 2. The number of rotatable bonds is 15. The minimum absolute atomic E-state index is 0.0443. The van der Waals surface area contributed by atoms with Gasteiger partial charge in [0.1, 0.15) is 23.1 Å². The first kappa shape index (κ1) is 38.7. The van der Waals surface area contributed by atoms with Crippen LogP contribution in [0.15, 0.2) is 77.8 Å². The van der Waals surface area contributed by atoms with Crippen LogP contribution >= 0.6 is 0 Å². The molecule has 1 fully saturated rings. The molecule has 1 unspecified atom stereocenters. The van der Waals surface area contributed by atoms with Gasteiger partial charge in [0.2, 0.25) is 15.9 Å². The number of pyridine rings is 1. The molecule has 5 rings (SSSR count). The molecule has 3 amide bonds. The van der Waals surface area contributed by atoms with Crippen molar-refractivity contribution >= 4 is 33.1 Å². The number of carbonyl (C=O) groups excluding carboxylic acids is 2. The number of aliphatic hydroxyl groups excluding tert-OH is 1. The van der Waals surface area contributed by atoms with Crippen LogP contribution in [0.2, 0.25) is 0 Å². The van der Waals surface area contributed by atoms with E-state index >= 15 is 0 Å². The molecule has 2 aromatic carbocycles. The van der Waals surface area contributed by atoms with Gasteiger partial charge in [0.25, 0.3) is 0 Å². The third-order valence-corrected chi connectivity index (χ3v) is 11.2. The second kappa shape index (κ2) is 16.0. The van der Waals surface area contributed by atoms with Crippen LogP contribution in [-0.4, -0.2) is 106 Å². The van der Waals surface area contributed by atoms with E-state index in [2.05, 4.69) is 15.3 Å². The van der Waals surface area contributed by atoms with Crippen LogP contribution in [-0.2, 0) is 34.8 Å². The Balaban J connectivity index is 1.39. The first-order valence-corrected chi connectivity index (χ1v) is 19.0. The highest BCUT2D eigenvalue weighted by Gasteiger charge is 2.44. The normalized spacial score (nSPS) is 15.8. The molecule has 0 aliphatic carbocycles. The lowest BCUT2D eigenvalue weighted by atomic mass is 9.84. The lowest BCUT2D eigenvalue weighted by molar-refractivity contribution is -0.130. The Morgan fingerprint density at radius 3 is 2.33 bits per heavy atom. The summed E-state index contributed by atoms with van der Waals surface area (Å²) in [5.41, 5.74) is 1.64. The molecule has 2 aromatic heterocycles. The number of amides is 3. The number of aromatic nitrogens is 3. The van der Waals surface area contributed by atoms with Gasteiger partial charge in [-0.3, -0.25) is 4.79 Å². The highest BCUT2D eigenvalue weighted by atomic mass is 32.2. The number of nitrogens with zero attached hydrogens (tertiary/aromatic N) is 6. The van der Waals surface area contributed by atoms with E-state index in [1.54, 1.807) is 28.1 Å². The fourth-order valence-corrected chi connectivity index (χ4v) is 8.32. The highest BCUT2D eigenvalue weighted by molar-refractivity contribution is 7.89. The van der Waals surface area contributed by atoms with E-state index < -0.39 is 39.5 Å². The van der Waals surface area contributed by atoms with Crippen molar-refractivity contribution in [2.45, 2.75) is 70.7 Å². The van der Waals surface area contributed by atoms with E-state index in [0.717, 1.165) is 16.7 Å². The summed E-state index contributed by atoms with van der Waals surface area (Å²) in [7, 11) is -0.646. The molecule has 4 aromatic rings. The van der Waals surface area contributed by atoms with Crippen LogP contribution in [0.4, 0.5) is 4.79 Å². The zero-order valence-electron chi connectivity index (χ0n) is 31.1. The third-order valence-electron chi connectivity index (χ3n) is 9.31. The lowest BCUT2D eigenvalue weighted by Crippen LogP contribution is -2.59. The highest BCUT2D eigenvalue weighted by Crippen LogP contribution is 2.29. The molecule has 14 heteroatoms. The van der Waals surface area contributed by atoms with E-state index in [1.165, 1.54) is 23.5 Å². The molecule has 280 valence electrons. The minimum atomic E-state index is -4.02. The van der Waals surface area contributed by atoms with Gasteiger partial charge in [0.15, 0.2) is 5.65 Å². The smallest absolute Gasteiger partial charge is 0.321 e. The number of urea groups is 1. The third kappa shape index (κ3) is 8.73. The van der Waals surface area contributed by atoms with Crippen LogP contribution in [0.3, 0.4) is 0 Å². The summed E-state index contributed by atoms with van der Waals surface area (Å²) in [6.07, 6.45) is 0.657. The summed E-state index contributed by atoms with van der Waals surface area (Å²) in [5.74, 6) is 0.734. The van der Waals surface area contributed by atoms with Gasteiger partial charge in [0.05, 0.1) is 30.7 Å². The Labute approximate surface area is 306 Å². The Bertz CT molecular complexity index is 1940. The number of nitrogens with one attached hydrogen (secondary N) is 1. The molecule has 1 aliphatic heterocycles. The molecule has 2 N–H and O–H groups in total. The number of sulfonamides is 1. The molecule has 3 heterocycles. The van der Waals surface area contributed by atoms with Crippen molar-refractivity contribution < 1.29 is 27.9 Å². The molecule has 3 atom stereocenters. The average molecular weight is 734 g/mol. The zero-order chi connectivity index (χ0) is 37.8. The Kier molecular flexibility index (Phi) is 11.9. The summed E-state index contributed by atoms with van der Waals surface area (Å²) in [6.45, 7) is 10.4. The van der Waals surface area contributed by atoms with Crippen LogP contribution < -0.4 is 10.1 Å². The molecule has 0 radical (unpaired) electrons. The first-order chi connectivity index (χ1) is 24.6. The van der Waals surface area contributed by atoms with Crippen molar-refractivity contribution in [2.75, 3.05) is 33.3 Å². The Hall–Kier alpha value is -4.53. The summed E-state index contributed by atoms with van der Waals surface area (Å²) in [6, 6.07) is 17.2. The standard InChI is InChI=1S/C38H51N7O6S/c1-26(2)23-44(52(49,50)29-17-15-28(51-7)16-18-29)24-32(46)31(22-27-12-9-8-10-13-27)41-36(47)34(38(3,4)5)45-21-20-43(37(45)48)25-33-40-30-14-11-19-39-35(30)42(33)6/h8-19,26,31-32,34,46H,20-25H2,1-7H3,(H,41,47)/t31-,32+,34?/m0/s1. The maximum atomic E-state index is 14.4. The molecular weight excluding hydrogens is 683 g/mol. The van der Waals surface area contributed by atoms with Gasteiger partial charge in [-0.05, 0) is 59.7 Å². The summed E-state index contributed by atoms with van der Waals surface area (Å²) in [4.78, 5) is 40.8. The summed E-state index contributed by atoms with van der Waals surface area (Å²) >= 11 is 0.